The molecule has 0 bridgehead atoms. The number of hydrogen-bond donors (Lipinski definition) is 0. The molecule has 3 nitrogen and oxygen atoms in total. The Bertz CT molecular complexity index is 1010. The second-order valence-corrected chi connectivity index (χ2v) is 8.04. The van der Waals surface area contributed by atoms with Gasteiger partial charge in [-0.25, -0.2) is 4.79 Å². The van der Waals surface area contributed by atoms with E-state index in [2.05, 4.69) is 32.9 Å². The molecule has 3 rings (SSSR count). The lowest BCUT2D eigenvalue weighted by atomic mass is 9.87. The zero-order chi connectivity index (χ0) is 19.1. The highest BCUT2D eigenvalue weighted by molar-refractivity contribution is 6.33. The first-order valence-corrected chi connectivity index (χ1v) is 9.00. The van der Waals surface area contributed by atoms with Crippen LogP contribution in [0.5, 0.6) is 5.75 Å². The van der Waals surface area contributed by atoms with Gasteiger partial charge in [-0.15, -0.1) is 0 Å². The summed E-state index contributed by atoms with van der Waals surface area (Å²) in [6.45, 7) is 10.6. The second kappa shape index (κ2) is 6.81. The Morgan fingerprint density at radius 3 is 2.35 bits per heavy atom. The molecule has 2 aromatic carbocycles. The molecular weight excluding hydrogens is 348 g/mol. The number of benzene rings is 2. The topological polar surface area (TPSA) is 39.4 Å². The van der Waals surface area contributed by atoms with Gasteiger partial charge in [-0.1, -0.05) is 44.5 Å². The highest BCUT2D eigenvalue weighted by Crippen LogP contribution is 2.31. The van der Waals surface area contributed by atoms with E-state index < -0.39 is 0 Å². The minimum Gasteiger partial charge on any atom is -0.489 e. The Balaban J connectivity index is 1.94. The van der Waals surface area contributed by atoms with Crippen molar-refractivity contribution in [2.75, 3.05) is 0 Å². The summed E-state index contributed by atoms with van der Waals surface area (Å²) in [4.78, 5) is 11.9. The van der Waals surface area contributed by atoms with Crippen LogP contribution in [0.25, 0.3) is 11.0 Å². The van der Waals surface area contributed by atoms with Gasteiger partial charge in [0.05, 0.1) is 0 Å². The normalized spacial score (nSPS) is 11.8. The van der Waals surface area contributed by atoms with Crippen LogP contribution in [0.3, 0.4) is 0 Å². The first-order valence-electron chi connectivity index (χ1n) is 8.62. The lowest BCUT2D eigenvalue weighted by Gasteiger charge is -2.19. The third-order valence-electron chi connectivity index (χ3n) is 4.58. The summed E-state index contributed by atoms with van der Waals surface area (Å²) < 4.78 is 11.3. The van der Waals surface area contributed by atoms with Gasteiger partial charge < -0.3 is 9.15 Å². The molecule has 136 valence electrons. The molecule has 0 amide bonds. The quantitative estimate of drug-likeness (QED) is 0.535. The Morgan fingerprint density at radius 2 is 1.73 bits per heavy atom. The molecular formula is C22H23ClO3. The highest BCUT2D eigenvalue weighted by atomic mass is 35.5. The lowest BCUT2D eigenvalue weighted by Crippen LogP contribution is -2.10. The lowest BCUT2D eigenvalue weighted by molar-refractivity contribution is 0.306. The molecule has 4 heteroatoms. The molecule has 0 radical (unpaired) electrons. The van der Waals surface area contributed by atoms with Gasteiger partial charge in [-0.05, 0) is 54.2 Å². The summed E-state index contributed by atoms with van der Waals surface area (Å²) in [5.41, 5.74) is 4.05. The van der Waals surface area contributed by atoms with Crippen molar-refractivity contribution in [2.45, 2.75) is 46.6 Å². The standard InChI is InChI=1S/C22H23ClO3/c1-13-10-18-20(14(2)21(13)23)15(11-19(24)26-18)12-25-17-8-6-16(7-9-17)22(3,4)5/h6-11H,12H2,1-5H3. The third-order valence-corrected chi connectivity index (χ3v) is 5.16. The van der Waals surface area contributed by atoms with Crippen molar-refractivity contribution in [1.29, 1.82) is 0 Å². The zero-order valence-electron chi connectivity index (χ0n) is 15.8. The molecule has 0 atom stereocenters. The number of fused-ring (bicyclic) bond motifs is 1. The summed E-state index contributed by atoms with van der Waals surface area (Å²) >= 11 is 6.39. The van der Waals surface area contributed by atoms with Gasteiger partial charge in [0, 0.05) is 22.0 Å². The molecule has 0 fully saturated rings. The van der Waals surface area contributed by atoms with E-state index in [0.29, 0.717) is 10.6 Å². The average Bonchev–Trinajstić information content (AvgIpc) is 2.57. The Hall–Kier alpha value is -2.26. The van der Waals surface area contributed by atoms with Crippen molar-refractivity contribution in [1.82, 2.24) is 0 Å². The maximum Gasteiger partial charge on any atom is 0.336 e. The third kappa shape index (κ3) is 3.63. The number of hydrogen-bond acceptors (Lipinski definition) is 3. The van der Waals surface area contributed by atoms with E-state index >= 15 is 0 Å². The van der Waals surface area contributed by atoms with Crippen molar-refractivity contribution < 1.29 is 9.15 Å². The summed E-state index contributed by atoms with van der Waals surface area (Å²) in [7, 11) is 0. The maximum absolute atomic E-state index is 11.9. The molecule has 3 aromatic rings. The van der Waals surface area contributed by atoms with Crippen LogP contribution >= 0.6 is 11.6 Å². The highest BCUT2D eigenvalue weighted by Gasteiger charge is 2.15. The fourth-order valence-corrected chi connectivity index (χ4v) is 3.23. The van der Waals surface area contributed by atoms with Crippen molar-refractivity contribution >= 4 is 22.6 Å². The molecule has 0 spiro atoms. The molecule has 1 aromatic heterocycles. The number of halogens is 1. The van der Waals surface area contributed by atoms with Gasteiger partial charge in [-0.3, -0.25) is 0 Å². The Labute approximate surface area is 158 Å². The van der Waals surface area contributed by atoms with Crippen LogP contribution in [-0.4, -0.2) is 0 Å². The van der Waals surface area contributed by atoms with Crippen molar-refractivity contribution in [3.63, 3.8) is 0 Å². The van der Waals surface area contributed by atoms with E-state index in [1.54, 1.807) is 6.07 Å². The monoisotopic (exact) mass is 370 g/mol. The van der Waals surface area contributed by atoms with E-state index in [1.807, 2.05) is 26.0 Å². The van der Waals surface area contributed by atoms with Crippen LogP contribution in [0, 0.1) is 13.8 Å². The first kappa shape index (κ1) is 18.5. The average molecular weight is 371 g/mol. The molecule has 0 N–H and O–H groups in total. The predicted octanol–water partition coefficient (Wildman–Crippen LogP) is 5.94. The number of rotatable bonds is 3. The largest absolute Gasteiger partial charge is 0.489 e. The molecule has 0 saturated heterocycles. The van der Waals surface area contributed by atoms with E-state index in [0.717, 1.165) is 27.8 Å². The van der Waals surface area contributed by atoms with Gasteiger partial charge in [0.2, 0.25) is 0 Å². The summed E-state index contributed by atoms with van der Waals surface area (Å²) in [6.07, 6.45) is 0. The fraction of sp³-hybridized carbons (Fsp3) is 0.318. The summed E-state index contributed by atoms with van der Waals surface area (Å²) in [6, 6.07) is 11.3. The minimum absolute atomic E-state index is 0.0961. The summed E-state index contributed by atoms with van der Waals surface area (Å²) in [5.74, 6) is 0.759. The van der Waals surface area contributed by atoms with Crippen LogP contribution < -0.4 is 10.4 Å². The van der Waals surface area contributed by atoms with Crippen LogP contribution in [-0.2, 0) is 12.0 Å². The second-order valence-electron chi connectivity index (χ2n) is 7.66. The molecule has 0 unspecified atom stereocenters. The Kier molecular flexibility index (Phi) is 4.85. The smallest absolute Gasteiger partial charge is 0.336 e. The fourth-order valence-electron chi connectivity index (χ4n) is 3.08. The van der Waals surface area contributed by atoms with Gasteiger partial charge in [-0.2, -0.15) is 0 Å². The Morgan fingerprint density at radius 1 is 1.08 bits per heavy atom. The molecule has 1 heterocycles. The zero-order valence-corrected chi connectivity index (χ0v) is 16.5. The van der Waals surface area contributed by atoms with Gasteiger partial charge >= 0.3 is 5.63 Å². The van der Waals surface area contributed by atoms with Crippen molar-refractivity contribution in [3.8, 4) is 5.75 Å². The van der Waals surface area contributed by atoms with E-state index in [1.165, 1.54) is 11.6 Å². The van der Waals surface area contributed by atoms with E-state index in [4.69, 9.17) is 20.8 Å². The van der Waals surface area contributed by atoms with E-state index in [9.17, 15) is 4.79 Å². The van der Waals surface area contributed by atoms with Gasteiger partial charge in [0.25, 0.3) is 0 Å². The molecule has 26 heavy (non-hydrogen) atoms. The van der Waals surface area contributed by atoms with Crippen LogP contribution in [0.4, 0.5) is 0 Å². The number of ether oxygens (including phenoxy) is 1. The number of aryl methyl sites for hydroxylation is 2. The van der Waals surface area contributed by atoms with Crippen molar-refractivity contribution in [3.05, 3.63) is 74.1 Å². The van der Waals surface area contributed by atoms with Crippen LogP contribution in [0.1, 0.15) is 43.0 Å². The molecule has 0 aliphatic heterocycles. The maximum atomic E-state index is 11.9. The first-order chi connectivity index (χ1) is 12.2. The van der Waals surface area contributed by atoms with Gasteiger partial charge in [0.1, 0.15) is 17.9 Å². The van der Waals surface area contributed by atoms with E-state index in [-0.39, 0.29) is 17.6 Å². The molecule has 0 aliphatic carbocycles. The van der Waals surface area contributed by atoms with Crippen LogP contribution in [0.15, 0.2) is 45.6 Å². The van der Waals surface area contributed by atoms with Crippen LogP contribution in [0.2, 0.25) is 5.02 Å². The van der Waals surface area contributed by atoms with Gasteiger partial charge in [0.15, 0.2) is 0 Å². The SMILES string of the molecule is Cc1cc2oc(=O)cc(COc3ccc(C(C)(C)C)cc3)c2c(C)c1Cl. The minimum atomic E-state index is -0.389. The molecule has 0 saturated carbocycles. The summed E-state index contributed by atoms with van der Waals surface area (Å²) in [5, 5.41) is 1.52. The predicted molar refractivity (Wildman–Crippen MR) is 106 cm³/mol. The molecule has 0 aliphatic rings. The van der Waals surface area contributed by atoms with Crippen molar-refractivity contribution in [2.24, 2.45) is 0 Å².